The summed E-state index contributed by atoms with van der Waals surface area (Å²) in [6, 6.07) is 35.2. The number of nitrogen functional groups attached to an aromatic ring is 1. The second-order valence-electron chi connectivity index (χ2n) is 30.8. The number of amidine groups is 1. The van der Waals surface area contributed by atoms with Gasteiger partial charge >= 0.3 is 36.3 Å². The van der Waals surface area contributed by atoms with Gasteiger partial charge in [0.2, 0.25) is 5.96 Å². The Morgan fingerprint density at radius 1 is 0.512 bits per heavy atom. The molecule has 0 fully saturated rings. The number of ether oxygens (including phenoxy) is 8. The summed E-state index contributed by atoms with van der Waals surface area (Å²) in [4.78, 5) is 134. The van der Waals surface area contributed by atoms with E-state index in [9.17, 15) is 47.9 Å². The second-order valence-corrected chi connectivity index (χ2v) is 32.4. The number of aromatic nitrogens is 2. The number of aliphatic imine (C=N–C) groups is 2. The fraction of sp³-hybridized carbons (Fsp3) is 0.407. The largest absolute Gasteiger partial charge is 0.493 e. The number of fused-ring (bicyclic) bond motifs is 2. The summed E-state index contributed by atoms with van der Waals surface area (Å²) in [6.45, 7) is 21.6. The lowest BCUT2D eigenvalue weighted by Gasteiger charge is -2.27. The van der Waals surface area contributed by atoms with Crippen LogP contribution in [0.3, 0.4) is 0 Å². The number of ketones is 2. The zero-order chi connectivity index (χ0) is 86.1. The van der Waals surface area contributed by atoms with Crippen LogP contribution in [0.15, 0.2) is 150 Å². The van der Waals surface area contributed by atoms with Crippen molar-refractivity contribution < 1.29 is 85.8 Å². The highest BCUT2D eigenvalue weighted by molar-refractivity contribution is 7.59. The van der Waals surface area contributed by atoms with E-state index in [2.05, 4.69) is 47.0 Å². The summed E-state index contributed by atoms with van der Waals surface area (Å²) >= 11 is 25.8. The van der Waals surface area contributed by atoms with E-state index in [4.69, 9.17) is 90.0 Å². The maximum absolute atomic E-state index is 13.3. The first-order valence-electron chi connectivity index (χ1n) is 37.3. The number of hydrogen-bond acceptors (Lipinski definition) is 22. The van der Waals surface area contributed by atoms with Crippen LogP contribution >= 0.6 is 73.4 Å². The topological polar surface area (TPSA) is 385 Å². The van der Waals surface area contributed by atoms with Crippen molar-refractivity contribution in [1.82, 2.24) is 41.7 Å². The van der Waals surface area contributed by atoms with Crippen LogP contribution in [-0.2, 0) is 54.0 Å². The van der Waals surface area contributed by atoms with Gasteiger partial charge in [-0.25, -0.2) is 33.4 Å². The molecule has 658 valence electrons. The molecule has 2 unspecified atom stereocenters. The molecule has 1 aromatic heterocycles. The molecule has 6 aromatic carbocycles. The Hall–Kier alpha value is -10.3. The molecule has 0 aliphatic carbocycles. The summed E-state index contributed by atoms with van der Waals surface area (Å²) in [5.41, 5.74) is 9.19. The zero-order valence-corrected chi connectivity index (χ0v) is 73.6. The number of benzene rings is 6. The van der Waals surface area contributed by atoms with Gasteiger partial charge < -0.3 is 64.9 Å². The Morgan fingerprint density at radius 3 is 1.31 bits per heavy atom. The first kappa shape index (κ1) is 105. The van der Waals surface area contributed by atoms with Crippen molar-refractivity contribution in [1.29, 1.82) is 0 Å². The molecule has 6 amide bonds. The number of esters is 2. The number of Topliss-reactive ketones (excluding diaryl/α,β-unsaturated/α-hetero) is 2. The highest BCUT2D eigenvalue weighted by atomic mass is 35.5. The molecule has 0 bridgehead atoms. The minimum Gasteiger partial charge on any atom is -0.493 e. The van der Waals surface area contributed by atoms with Crippen molar-refractivity contribution in [2.75, 3.05) is 46.3 Å². The summed E-state index contributed by atoms with van der Waals surface area (Å²) in [5.74, 6) is -1.80. The SMILES string of the molecule is C.C.CC(C)(C)OC(=O)N=C(NC(=O)OC(C)(C)C)n1cccn1.COC(=O)[C@H](CCC(=O)CNC1CCOc2ccc(CC(=NC(=O)OC(C)(C)C)NC(=O)OC(C)(C)C)cc21)NC(=O)c1c(Cl)cc(-c2ccccc2)cc1Cl.COC(=O)[C@H](CCC(=O)CNC1CCOc2ccc(N)cc21)NC(=O)c1c(Cl)cc(-c2ccccc2)cc1Cl.S.S. The lowest BCUT2D eigenvalue weighted by Crippen LogP contribution is -2.42. The van der Waals surface area contributed by atoms with Gasteiger partial charge in [0.1, 0.15) is 63.4 Å². The molecule has 2 aliphatic heterocycles. The lowest BCUT2D eigenvalue weighted by atomic mass is 9.96. The molecule has 3 heterocycles. The quantitative estimate of drug-likeness (QED) is 0.0109. The first-order chi connectivity index (χ1) is 55.0. The van der Waals surface area contributed by atoms with Gasteiger partial charge in [-0.15, -0.1) is 4.99 Å². The number of methoxy groups -OCH3 is 2. The smallest absolute Gasteiger partial charge is 0.437 e. The number of nitrogens with one attached hydrogen (secondary N) is 6. The number of halogens is 4. The Labute approximate surface area is 740 Å². The minimum atomic E-state index is -1.14. The van der Waals surface area contributed by atoms with Gasteiger partial charge in [-0.1, -0.05) is 134 Å². The number of anilines is 1. The Kier molecular flexibility index (Phi) is 42.0. The van der Waals surface area contributed by atoms with Gasteiger partial charge in [0.25, 0.3) is 11.8 Å². The third-order valence-corrected chi connectivity index (χ3v) is 17.8. The van der Waals surface area contributed by atoms with Gasteiger partial charge in [-0.05, 0) is 178 Å². The molecule has 2 aliphatic rings. The lowest BCUT2D eigenvalue weighted by molar-refractivity contribution is -0.144. The fourth-order valence-electron chi connectivity index (χ4n) is 11.5. The van der Waals surface area contributed by atoms with Crippen molar-refractivity contribution in [2.24, 2.45) is 9.98 Å². The van der Waals surface area contributed by atoms with Gasteiger partial charge in [0.05, 0.1) is 71.7 Å². The molecule has 0 saturated carbocycles. The summed E-state index contributed by atoms with van der Waals surface area (Å²) in [5, 5.41) is 21.1. The summed E-state index contributed by atoms with van der Waals surface area (Å²) < 4.78 is 43.4. The highest BCUT2D eigenvalue weighted by Gasteiger charge is 2.32. The van der Waals surface area contributed by atoms with Crippen LogP contribution in [0.2, 0.25) is 20.1 Å². The standard InChI is InChI=1S/C41H48Cl2N4O9.C29H29Cl2N3O5.C14H22N4O4.2CH4.2H2S/c1-40(2,3)55-38(51)46-34(47-39(52)56-41(4,5)6)20-24-13-16-33-28(19-24)31(17-18-54-33)44-23-27(48)14-15-32(37(50)53-7)45-36(49)35-29(42)21-26(22-30(35)43)25-11-9-8-10-12-25;1-38-29(37)25(9-8-20(35)16-33-24-11-12-39-26-10-7-19(32)15-21(24)26)34-28(36)27-22(30)13-18(14-23(27)31)17-5-3-2-4-6-17;1-13(2,3)21-11(19)16-10(18-9-7-8-15-18)17-12(20)22-14(4,5)6;;;;/h8-13,16,19,21-22,31-32,44H,14-15,17-18,20,23H2,1-7H3,(H,45,49)(H,46,47,51,52);2-7,10,13-15,24-25,33H,8-9,11-12,16,32H2,1H3,(H,34,36);7-9H,1-6H3,(H,16,17,19,20);2*1H4;2*1H2/t31?,32-;24?,25-;;;;;/m00...../s1. The predicted molar refractivity (Wildman–Crippen MR) is 479 cm³/mol. The summed E-state index contributed by atoms with van der Waals surface area (Å²) in [7, 11) is 2.41. The monoisotopic (exact) mass is 1790 g/mol. The van der Waals surface area contributed by atoms with Gasteiger partial charge in [0.15, 0.2) is 0 Å². The molecule has 0 radical (unpaired) electrons. The first-order valence-corrected chi connectivity index (χ1v) is 38.8. The zero-order valence-electron chi connectivity index (χ0n) is 68.6. The second kappa shape index (κ2) is 48.4. The van der Waals surface area contributed by atoms with Crippen molar-refractivity contribution in [3.05, 3.63) is 188 Å². The van der Waals surface area contributed by atoms with E-state index in [0.29, 0.717) is 43.1 Å². The molecule has 4 atom stereocenters. The van der Waals surface area contributed by atoms with E-state index in [0.717, 1.165) is 39.1 Å². The number of hydrogen-bond donors (Lipinski definition) is 7. The van der Waals surface area contributed by atoms with E-state index < -0.39 is 82.6 Å². The van der Waals surface area contributed by atoms with Crippen molar-refractivity contribution in [3.63, 3.8) is 0 Å². The molecular formula is C86H111Cl4N11O18S2. The van der Waals surface area contributed by atoms with Crippen LogP contribution < -0.4 is 47.1 Å². The number of carbonyl (C=O) groups is 10. The number of rotatable bonds is 22. The van der Waals surface area contributed by atoms with Crippen LogP contribution in [0.1, 0.15) is 186 Å². The van der Waals surface area contributed by atoms with Gasteiger partial charge in [-0.3, -0.25) is 29.8 Å². The highest BCUT2D eigenvalue weighted by Crippen LogP contribution is 2.37. The van der Waals surface area contributed by atoms with E-state index in [-0.39, 0.29) is 154 Å². The minimum absolute atomic E-state index is 0. The molecular weight excluding hydrogens is 1680 g/mol. The molecule has 0 spiro atoms. The third-order valence-electron chi connectivity index (χ3n) is 16.6. The third kappa shape index (κ3) is 35.0. The van der Waals surface area contributed by atoms with Crippen LogP contribution in [0.4, 0.5) is 24.9 Å². The molecule has 9 rings (SSSR count). The average molecular weight is 1790 g/mol. The Bertz CT molecular complexity index is 4720. The van der Waals surface area contributed by atoms with Crippen molar-refractivity contribution >= 4 is 151 Å². The number of nitrogens with zero attached hydrogens (tertiary/aromatic N) is 4. The van der Waals surface area contributed by atoms with E-state index in [1.165, 1.54) is 31.3 Å². The van der Waals surface area contributed by atoms with E-state index in [1.807, 2.05) is 78.9 Å². The van der Waals surface area contributed by atoms with E-state index in [1.54, 1.807) is 132 Å². The average Bonchev–Trinajstić information content (AvgIpc) is 1.10. The number of nitrogens with two attached hydrogens (primary N) is 1. The number of amides is 6. The van der Waals surface area contributed by atoms with Crippen molar-refractivity contribution in [2.45, 2.75) is 189 Å². The Morgan fingerprint density at radius 2 is 0.909 bits per heavy atom. The van der Waals surface area contributed by atoms with Crippen LogP contribution in [-0.4, -0.2) is 156 Å². The predicted octanol–water partition coefficient (Wildman–Crippen LogP) is 16.8. The van der Waals surface area contributed by atoms with Crippen LogP contribution in [0.25, 0.3) is 22.3 Å². The molecule has 7 aromatic rings. The summed E-state index contributed by atoms with van der Waals surface area (Å²) in [6.07, 6.45) is 1.06. The fourth-order valence-corrected chi connectivity index (χ4v) is 12.8. The Balaban J connectivity index is 0.000000505. The van der Waals surface area contributed by atoms with Gasteiger partial charge in [-0.2, -0.15) is 37.1 Å². The molecule has 121 heavy (non-hydrogen) atoms. The number of alkyl carbamates (subject to hydrolysis) is 2. The number of carbonyl (C=O) groups excluding carboxylic acids is 10. The molecule has 8 N–H and O–H groups in total. The molecule has 29 nitrogen and oxygen atoms in total. The van der Waals surface area contributed by atoms with E-state index >= 15 is 0 Å². The van der Waals surface area contributed by atoms with Gasteiger partial charge in [0, 0.05) is 73.4 Å². The molecule has 35 heteroatoms. The maximum atomic E-state index is 13.3. The maximum Gasteiger partial charge on any atom is 0.437 e. The van der Waals surface area contributed by atoms with Crippen LogP contribution in [0.5, 0.6) is 11.5 Å². The van der Waals surface area contributed by atoms with Crippen molar-refractivity contribution in [3.8, 4) is 33.8 Å². The van der Waals surface area contributed by atoms with Crippen LogP contribution in [0, 0.1) is 0 Å². The normalized spacial score (nSPS) is 14.0. The molecule has 0 saturated heterocycles.